The van der Waals surface area contributed by atoms with E-state index in [0.29, 0.717) is 16.6 Å². The van der Waals surface area contributed by atoms with E-state index in [1.807, 2.05) is 18.2 Å². The molecule has 134 valence electrons. The Labute approximate surface area is 153 Å². The molecule has 0 bridgehead atoms. The summed E-state index contributed by atoms with van der Waals surface area (Å²) in [7, 11) is 0. The highest BCUT2D eigenvalue weighted by Gasteiger charge is 2.10. The molecule has 7 heteroatoms. The number of H-pyrrole nitrogens is 1. The fourth-order valence-corrected chi connectivity index (χ4v) is 3.04. The number of hydrogen-bond donors (Lipinski definition) is 2. The van der Waals surface area contributed by atoms with Gasteiger partial charge >= 0.3 is 5.69 Å². The first kappa shape index (κ1) is 16.7. The van der Waals surface area contributed by atoms with Crippen LogP contribution < -0.4 is 16.6 Å². The van der Waals surface area contributed by atoms with Gasteiger partial charge in [0.15, 0.2) is 0 Å². The van der Waals surface area contributed by atoms with Crippen LogP contribution in [-0.4, -0.2) is 20.4 Å². The van der Waals surface area contributed by atoms with Crippen molar-refractivity contribution in [3.05, 3.63) is 81.6 Å². The lowest BCUT2D eigenvalue weighted by Gasteiger charge is -2.09. The molecule has 7 nitrogen and oxygen atoms in total. The van der Waals surface area contributed by atoms with E-state index in [2.05, 4.69) is 15.3 Å². The first-order chi connectivity index (χ1) is 13.1. The number of fused-ring (bicyclic) bond motifs is 2. The normalized spacial score (nSPS) is 11.0. The second kappa shape index (κ2) is 6.87. The van der Waals surface area contributed by atoms with E-state index < -0.39 is 11.2 Å². The van der Waals surface area contributed by atoms with Crippen LogP contribution in [0.25, 0.3) is 21.8 Å². The predicted molar refractivity (Wildman–Crippen MR) is 104 cm³/mol. The lowest BCUT2D eigenvalue weighted by Crippen LogP contribution is -2.36. The highest BCUT2D eigenvalue weighted by Crippen LogP contribution is 2.21. The fraction of sp³-hybridized carbons (Fsp3) is 0.100. The van der Waals surface area contributed by atoms with E-state index in [1.165, 1.54) is 0 Å². The van der Waals surface area contributed by atoms with Crippen molar-refractivity contribution in [1.29, 1.82) is 0 Å². The van der Waals surface area contributed by atoms with Crippen molar-refractivity contribution in [1.82, 2.24) is 14.5 Å². The quantitative estimate of drug-likeness (QED) is 0.583. The van der Waals surface area contributed by atoms with E-state index in [-0.39, 0.29) is 18.9 Å². The zero-order valence-electron chi connectivity index (χ0n) is 14.3. The number of carbonyl (C=O) groups excluding carboxylic acids is 1. The topological polar surface area (TPSA) is 96.9 Å². The average molecular weight is 360 g/mol. The average Bonchev–Trinajstić information content (AvgIpc) is 2.68. The molecule has 2 heterocycles. The van der Waals surface area contributed by atoms with Gasteiger partial charge in [0, 0.05) is 24.5 Å². The number of aromatic nitrogens is 3. The van der Waals surface area contributed by atoms with E-state index in [4.69, 9.17) is 0 Å². The number of rotatable bonds is 4. The summed E-state index contributed by atoms with van der Waals surface area (Å²) in [6.45, 7) is -0.00610. The molecule has 1 amide bonds. The van der Waals surface area contributed by atoms with Gasteiger partial charge in [0.2, 0.25) is 5.91 Å². The smallest absolute Gasteiger partial charge is 0.325 e. The number of carbonyl (C=O) groups is 1. The van der Waals surface area contributed by atoms with Crippen LogP contribution in [0.2, 0.25) is 0 Å². The first-order valence-electron chi connectivity index (χ1n) is 8.49. The van der Waals surface area contributed by atoms with Gasteiger partial charge in [-0.05, 0) is 36.4 Å². The van der Waals surface area contributed by atoms with Crippen LogP contribution in [-0.2, 0) is 11.3 Å². The van der Waals surface area contributed by atoms with Crippen molar-refractivity contribution >= 4 is 33.4 Å². The molecule has 0 aliphatic heterocycles. The van der Waals surface area contributed by atoms with E-state index in [0.717, 1.165) is 15.5 Å². The third-order valence-corrected chi connectivity index (χ3v) is 4.37. The number of nitrogens with zero attached hydrogens (tertiary/aromatic N) is 2. The van der Waals surface area contributed by atoms with Gasteiger partial charge in [-0.25, -0.2) is 4.79 Å². The van der Waals surface area contributed by atoms with Crippen LogP contribution in [0.15, 0.2) is 70.4 Å². The van der Waals surface area contributed by atoms with Gasteiger partial charge in [-0.15, -0.1) is 0 Å². The molecule has 0 aliphatic rings. The molecule has 0 saturated carbocycles. The first-order valence-corrected chi connectivity index (χ1v) is 8.49. The standard InChI is InChI=1S/C20H16N4O3/c25-18(22-16-9-3-8-15-13(16)6-4-11-21-15)10-12-24-19(26)14-5-1-2-7-17(14)23-20(24)27/h1-9,11H,10,12H2,(H,22,25)(H,23,27). The number of nitrogens with one attached hydrogen (secondary N) is 2. The summed E-state index contributed by atoms with van der Waals surface area (Å²) >= 11 is 0. The van der Waals surface area contributed by atoms with Crippen LogP contribution in [0.4, 0.5) is 5.69 Å². The molecule has 0 saturated heterocycles. The minimum Gasteiger partial charge on any atom is -0.325 e. The number of anilines is 1. The zero-order chi connectivity index (χ0) is 18.8. The summed E-state index contributed by atoms with van der Waals surface area (Å²) in [6.07, 6.45) is 1.68. The maximum atomic E-state index is 12.5. The molecule has 4 rings (SSSR count). The lowest BCUT2D eigenvalue weighted by molar-refractivity contribution is -0.116. The monoisotopic (exact) mass is 360 g/mol. The summed E-state index contributed by atoms with van der Waals surface area (Å²) in [5, 5.41) is 4.07. The number of pyridine rings is 1. The predicted octanol–water partition coefficient (Wildman–Crippen LogP) is 2.27. The van der Waals surface area contributed by atoms with Gasteiger partial charge in [0.25, 0.3) is 5.56 Å². The number of para-hydroxylation sites is 1. The Bertz CT molecular complexity index is 1270. The van der Waals surface area contributed by atoms with Crippen LogP contribution >= 0.6 is 0 Å². The van der Waals surface area contributed by atoms with Gasteiger partial charge in [-0.1, -0.05) is 18.2 Å². The minimum atomic E-state index is -0.527. The molecule has 2 aromatic carbocycles. The Kier molecular flexibility index (Phi) is 4.25. The SMILES string of the molecule is O=C(CCn1c(=O)[nH]c2ccccc2c1=O)Nc1cccc2ncccc12. The van der Waals surface area contributed by atoms with E-state index in [1.54, 1.807) is 42.6 Å². The number of benzene rings is 2. The van der Waals surface area contributed by atoms with Crippen molar-refractivity contribution in [2.45, 2.75) is 13.0 Å². The molecule has 0 aliphatic carbocycles. The Morgan fingerprint density at radius 1 is 1.00 bits per heavy atom. The van der Waals surface area contributed by atoms with E-state index >= 15 is 0 Å². The Hall–Kier alpha value is -3.74. The number of aromatic amines is 1. The molecule has 27 heavy (non-hydrogen) atoms. The third kappa shape index (κ3) is 3.22. The van der Waals surface area contributed by atoms with Crippen molar-refractivity contribution in [2.75, 3.05) is 5.32 Å². The number of amides is 1. The maximum absolute atomic E-state index is 12.5. The molecular weight excluding hydrogens is 344 g/mol. The third-order valence-electron chi connectivity index (χ3n) is 4.37. The highest BCUT2D eigenvalue weighted by atomic mass is 16.2. The summed E-state index contributed by atoms with van der Waals surface area (Å²) in [5.74, 6) is -0.286. The number of hydrogen-bond acceptors (Lipinski definition) is 4. The molecule has 0 radical (unpaired) electrons. The molecule has 0 spiro atoms. The van der Waals surface area contributed by atoms with Gasteiger partial charge in [0.1, 0.15) is 0 Å². The second-order valence-corrected chi connectivity index (χ2v) is 6.11. The summed E-state index contributed by atoms with van der Waals surface area (Å²) in [5.41, 5.74) is 0.969. The van der Waals surface area contributed by atoms with Crippen molar-refractivity contribution in [2.24, 2.45) is 0 Å². The molecule has 0 unspecified atom stereocenters. The molecule has 2 N–H and O–H groups in total. The van der Waals surface area contributed by atoms with E-state index in [9.17, 15) is 14.4 Å². The van der Waals surface area contributed by atoms with Crippen LogP contribution in [0, 0.1) is 0 Å². The van der Waals surface area contributed by atoms with Gasteiger partial charge < -0.3 is 10.3 Å². The van der Waals surface area contributed by atoms with Gasteiger partial charge in [-0.2, -0.15) is 0 Å². The Balaban J connectivity index is 1.55. The summed E-state index contributed by atoms with van der Waals surface area (Å²) < 4.78 is 1.05. The molecule has 2 aromatic heterocycles. The Morgan fingerprint density at radius 2 is 1.81 bits per heavy atom. The molecule has 4 aromatic rings. The van der Waals surface area contributed by atoms with Crippen molar-refractivity contribution in [3.63, 3.8) is 0 Å². The lowest BCUT2D eigenvalue weighted by atomic mass is 10.2. The molecule has 0 fully saturated rings. The van der Waals surface area contributed by atoms with Crippen LogP contribution in [0.5, 0.6) is 0 Å². The van der Waals surface area contributed by atoms with Gasteiger partial charge in [-0.3, -0.25) is 19.1 Å². The highest BCUT2D eigenvalue weighted by molar-refractivity contribution is 6.00. The van der Waals surface area contributed by atoms with Crippen molar-refractivity contribution in [3.8, 4) is 0 Å². The second-order valence-electron chi connectivity index (χ2n) is 6.11. The van der Waals surface area contributed by atoms with Crippen LogP contribution in [0.3, 0.4) is 0 Å². The zero-order valence-corrected chi connectivity index (χ0v) is 14.3. The summed E-state index contributed by atoms with van der Waals surface area (Å²) in [4.78, 5) is 43.9. The van der Waals surface area contributed by atoms with Crippen LogP contribution in [0.1, 0.15) is 6.42 Å². The molecule has 0 atom stereocenters. The van der Waals surface area contributed by atoms with Crippen molar-refractivity contribution < 1.29 is 4.79 Å². The fourth-order valence-electron chi connectivity index (χ4n) is 3.04. The Morgan fingerprint density at radius 3 is 2.70 bits per heavy atom. The molecular formula is C20H16N4O3. The van der Waals surface area contributed by atoms with Gasteiger partial charge in [0.05, 0.1) is 22.1 Å². The largest absolute Gasteiger partial charge is 0.328 e. The maximum Gasteiger partial charge on any atom is 0.328 e. The minimum absolute atomic E-state index is 0.00201. The summed E-state index contributed by atoms with van der Waals surface area (Å²) in [6, 6.07) is 15.9.